The molecule has 1 aromatic carbocycles. The summed E-state index contributed by atoms with van der Waals surface area (Å²) in [7, 11) is 1.55. The third-order valence-corrected chi connectivity index (χ3v) is 5.05. The number of benzene rings is 1. The maximum atomic E-state index is 14.3. The van der Waals surface area contributed by atoms with Gasteiger partial charge in [0.1, 0.15) is 24.2 Å². The van der Waals surface area contributed by atoms with E-state index < -0.39 is 0 Å². The number of pyridine rings is 1. The molecule has 148 valence electrons. The van der Waals surface area contributed by atoms with Gasteiger partial charge in [-0.3, -0.25) is 4.40 Å². The molecule has 0 fully saturated rings. The Hall–Kier alpha value is -3.35. The first-order chi connectivity index (χ1) is 14.1. The number of aromatic nitrogens is 5. The van der Waals surface area contributed by atoms with E-state index >= 15 is 0 Å². The number of ether oxygens (including phenoxy) is 1. The molecule has 0 amide bonds. The van der Waals surface area contributed by atoms with E-state index in [9.17, 15) is 4.39 Å². The van der Waals surface area contributed by atoms with Crippen LogP contribution in [-0.2, 0) is 12.8 Å². The smallest absolute Gasteiger partial charge is 0.168 e. The summed E-state index contributed by atoms with van der Waals surface area (Å²) in [6, 6.07) is 8.92. The van der Waals surface area contributed by atoms with Crippen LogP contribution in [0.2, 0.25) is 0 Å². The lowest BCUT2D eigenvalue weighted by atomic mass is 9.99. The molecule has 4 aromatic rings. The number of hydrogen-bond donors (Lipinski definition) is 0. The summed E-state index contributed by atoms with van der Waals surface area (Å²) < 4.78 is 21.5. The third-order valence-electron chi connectivity index (χ3n) is 5.05. The molecule has 0 bridgehead atoms. The fourth-order valence-corrected chi connectivity index (χ4v) is 3.61. The van der Waals surface area contributed by atoms with Crippen LogP contribution in [0.5, 0.6) is 5.75 Å². The second-order valence-corrected chi connectivity index (χ2v) is 7.16. The summed E-state index contributed by atoms with van der Waals surface area (Å²) in [5, 5.41) is 8.42. The molecule has 0 unspecified atom stereocenters. The molecule has 29 heavy (non-hydrogen) atoms. The average molecular weight is 391 g/mol. The van der Waals surface area contributed by atoms with Gasteiger partial charge in [-0.2, -0.15) is 0 Å². The molecule has 7 heteroatoms. The summed E-state index contributed by atoms with van der Waals surface area (Å²) in [6.45, 7) is 4.20. The summed E-state index contributed by atoms with van der Waals surface area (Å²) >= 11 is 0. The van der Waals surface area contributed by atoms with Gasteiger partial charge in [0.2, 0.25) is 0 Å². The Morgan fingerprint density at radius 2 is 1.97 bits per heavy atom. The van der Waals surface area contributed by atoms with Crippen molar-refractivity contribution in [1.82, 2.24) is 24.6 Å². The third kappa shape index (κ3) is 3.55. The fraction of sp³-hybridized carbons (Fsp3) is 0.273. The zero-order chi connectivity index (χ0) is 20.4. The summed E-state index contributed by atoms with van der Waals surface area (Å²) in [5.41, 5.74) is 5.14. The minimum atomic E-state index is -0.260. The number of hydrogen-bond acceptors (Lipinski definition) is 5. The van der Waals surface area contributed by atoms with Crippen molar-refractivity contribution in [3.8, 4) is 16.9 Å². The summed E-state index contributed by atoms with van der Waals surface area (Å²) in [5.74, 6) is 0.553. The van der Waals surface area contributed by atoms with Crippen molar-refractivity contribution >= 4 is 5.65 Å². The number of rotatable bonds is 6. The number of halogens is 1. The van der Waals surface area contributed by atoms with Crippen LogP contribution in [0.25, 0.3) is 16.8 Å². The van der Waals surface area contributed by atoms with Gasteiger partial charge in [-0.25, -0.2) is 14.4 Å². The lowest BCUT2D eigenvalue weighted by Crippen LogP contribution is -2.04. The van der Waals surface area contributed by atoms with E-state index in [2.05, 4.69) is 34.0 Å². The molecule has 0 saturated heterocycles. The van der Waals surface area contributed by atoms with Gasteiger partial charge >= 0.3 is 0 Å². The predicted molar refractivity (Wildman–Crippen MR) is 108 cm³/mol. The zero-order valence-corrected chi connectivity index (χ0v) is 16.6. The van der Waals surface area contributed by atoms with Crippen molar-refractivity contribution in [3.05, 3.63) is 72.0 Å². The first kappa shape index (κ1) is 19.0. The van der Waals surface area contributed by atoms with E-state index in [4.69, 9.17) is 4.74 Å². The molecule has 0 N–H and O–H groups in total. The highest BCUT2D eigenvalue weighted by atomic mass is 19.1. The molecule has 4 rings (SSSR count). The minimum Gasteiger partial charge on any atom is -0.496 e. The SMILES string of the molecule is COc1cccc(F)c1CCc1ccc(-c2cncnc2C(C)C)c2nncn12. The van der Waals surface area contributed by atoms with Crippen LogP contribution in [0.1, 0.15) is 36.7 Å². The van der Waals surface area contributed by atoms with Gasteiger partial charge in [0.05, 0.1) is 12.8 Å². The molecule has 0 aliphatic heterocycles. The highest BCUT2D eigenvalue weighted by Crippen LogP contribution is 2.30. The fourth-order valence-electron chi connectivity index (χ4n) is 3.61. The molecule has 3 heterocycles. The highest BCUT2D eigenvalue weighted by molar-refractivity contribution is 5.78. The van der Waals surface area contributed by atoms with Crippen LogP contribution < -0.4 is 4.74 Å². The standard InChI is InChI=1S/C22H22FN5O/c1-14(2)21-18(11-24-12-25-21)16-9-7-15(28-13-26-27-22(16)28)8-10-17-19(23)5-4-6-20(17)29-3/h4-7,9,11-14H,8,10H2,1-3H3. The number of nitrogens with zero attached hydrogens (tertiary/aromatic N) is 5. The molecule has 0 radical (unpaired) electrons. The van der Waals surface area contributed by atoms with Gasteiger partial charge in [0.15, 0.2) is 5.65 Å². The first-order valence-corrected chi connectivity index (χ1v) is 9.53. The topological polar surface area (TPSA) is 65.2 Å². The molecule has 0 aliphatic rings. The predicted octanol–water partition coefficient (Wildman–Crippen LogP) is 4.24. The Morgan fingerprint density at radius 1 is 1.10 bits per heavy atom. The molecular weight excluding hydrogens is 369 g/mol. The first-order valence-electron chi connectivity index (χ1n) is 9.53. The lowest BCUT2D eigenvalue weighted by molar-refractivity contribution is 0.404. The molecule has 3 aromatic heterocycles. The van der Waals surface area contributed by atoms with Gasteiger partial charge in [0, 0.05) is 28.6 Å². The van der Waals surface area contributed by atoms with Crippen molar-refractivity contribution in [1.29, 1.82) is 0 Å². The quantitative estimate of drug-likeness (QED) is 0.492. The second-order valence-electron chi connectivity index (χ2n) is 7.16. The molecule has 6 nitrogen and oxygen atoms in total. The van der Waals surface area contributed by atoms with Crippen molar-refractivity contribution < 1.29 is 9.13 Å². The zero-order valence-electron chi connectivity index (χ0n) is 16.6. The van der Waals surface area contributed by atoms with Gasteiger partial charge in [-0.05, 0) is 43.0 Å². The Morgan fingerprint density at radius 3 is 2.76 bits per heavy atom. The molecule has 0 saturated carbocycles. The van der Waals surface area contributed by atoms with E-state index in [0.29, 0.717) is 24.2 Å². The number of methoxy groups -OCH3 is 1. The van der Waals surface area contributed by atoms with Crippen LogP contribution in [0, 0.1) is 5.82 Å². The number of aryl methyl sites for hydroxylation is 1. The summed E-state index contributed by atoms with van der Waals surface area (Å²) in [6.07, 6.45) is 6.19. The van der Waals surface area contributed by atoms with Gasteiger partial charge in [-0.1, -0.05) is 19.9 Å². The van der Waals surface area contributed by atoms with Gasteiger partial charge in [0.25, 0.3) is 0 Å². The van der Waals surface area contributed by atoms with Gasteiger partial charge < -0.3 is 4.74 Å². The van der Waals surface area contributed by atoms with E-state index in [1.54, 1.807) is 31.9 Å². The normalized spacial score (nSPS) is 11.3. The van der Waals surface area contributed by atoms with Crippen LogP contribution in [0.3, 0.4) is 0 Å². The van der Waals surface area contributed by atoms with Crippen molar-refractivity contribution in [2.24, 2.45) is 0 Å². The minimum absolute atomic E-state index is 0.254. The van der Waals surface area contributed by atoms with Gasteiger partial charge in [-0.15, -0.1) is 10.2 Å². The largest absolute Gasteiger partial charge is 0.496 e. The van der Waals surface area contributed by atoms with E-state index in [-0.39, 0.29) is 11.7 Å². The van der Waals surface area contributed by atoms with Crippen molar-refractivity contribution in [2.75, 3.05) is 7.11 Å². The average Bonchev–Trinajstić information content (AvgIpc) is 3.22. The monoisotopic (exact) mass is 391 g/mol. The number of fused-ring (bicyclic) bond motifs is 1. The lowest BCUT2D eigenvalue weighted by Gasteiger charge is -2.14. The van der Waals surface area contributed by atoms with Crippen molar-refractivity contribution in [2.45, 2.75) is 32.6 Å². The Kier molecular flexibility index (Phi) is 5.20. The Balaban J connectivity index is 1.72. The molecular formula is C22H22FN5O. The Bertz CT molecular complexity index is 1160. The summed E-state index contributed by atoms with van der Waals surface area (Å²) in [4.78, 5) is 8.65. The maximum absolute atomic E-state index is 14.3. The van der Waals surface area contributed by atoms with E-state index in [1.165, 1.54) is 6.07 Å². The van der Waals surface area contributed by atoms with E-state index in [0.717, 1.165) is 28.2 Å². The van der Waals surface area contributed by atoms with E-state index in [1.807, 2.05) is 22.7 Å². The molecule has 0 atom stereocenters. The Labute approximate surface area is 168 Å². The van der Waals surface area contributed by atoms with Crippen LogP contribution in [0.15, 0.2) is 49.2 Å². The highest BCUT2D eigenvalue weighted by Gasteiger charge is 2.17. The van der Waals surface area contributed by atoms with Crippen LogP contribution in [0.4, 0.5) is 4.39 Å². The molecule has 0 aliphatic carbocycles. The maximum Gasteiger partial charge on any atom is 0.168 e. The van der Waals surface area contributed by atoms with Crippen molar-refractivity contribution in [3.63, 3.8) is 0 Å². The van der Waals surface area contributed by atoms with Crippen LogP contribution in [-0.4, -0.2) is 31.7 Å². The van der Waals surface area contributed by atoms with Crippen LogP contribution >= 0.6 is 0 Å². The second kappa shape index (κ2) is 7.95. The molecule has 0 spiro atoms.